The molecule has 37 heavy (non-hydrogen) atoms. The summed E-state index contributed by atoms with van der Waals surface area (Å²) in [6, 6.07) is 14.3. The molecule has 0 bridgehead atoms. The van der Waals surface area contributed by atoms with Gasteiger partial charge in [0.15, 0.2) is 0 Å². The summed E-state index contributed by atoms with van der Waals surface area (Å²) in [4.78, 5) is 22.9. The van der Waals surface area contributed by atoms with Gasteiger partial charge in [-0.1, -0.05) is 24.3 Å². The van der Waals surface area contributed by atoms with Crippen molar-refractivity contribution in [1.82, 2.24) is 0 Å². The minimum atomic E-state index is -4.63. The lowest BCUT2D eigenvalue weighted by atomic mass is 9.95. The number of methoxy groups -OCH3 is 3. The Morgan fingerprint density at radius 1 is 0.811 bits per heavy atom. The van der Waals surface area contributed by atoms with E-state index in [2.05, 4.69) is 15.9 Å². The fraction of sp³-hybridized carbons (Fsp3) is 0.185. The first-order valence-corrected chi connectivity index (χ1v) is 11.5. The van der Waals surface area contributed by atoms with E-state index in [4.69, 9.17) is 14.2 Å². The zero-order valence-electron chi connectivity index (χ0n) is 20.2. The lowest BCUT2D eigenvalue weighted by molar-refractivity contribution is -0.137. The first-order chi connectivity index (χ1) is 17.5. The monoisotopic (exact) mass is 578 g/mol. The van der Waals surface area contributed by atoms with Gasteiger partial charge in [0.05, 0.1) is 36.9 Å². The molecule has 0 radical (unpaired) electrons. The van der Waals surface area contributed by atoms with Crippen LogP contribution in [0.4, 0.5) is 13.2 Å². The third-order valence-corrected chi connectivity index (χ3v) is 6.49. The molecular formula is C27H22BrF3O6. The van der Waals surface area contributed by atoms with E-state index in [1.54, 1.807) is 20.1 Å². The molecule has 4 rings (SSSR count). The quantitative estimate of drug-likeness (QED) is 0.256. The molecule has 6 nitrogen and oxygen atoms in total. The van der Waals surface area contributed by atoms with Crippen molar-refractivity contribution < 1.29 is 42.1 Å². The van der Waals surface area contributed by atoms with Crippen LogP contribution in [0.3, 0.4) is 0 Å². The van der Waals surface area contributed by atoms with Gasteiger partial charge in [0.2, 0.25) is 0 Å². The van der Waals surface area contributed by atoms with E-state index in [0.717, 1.165) is 34.2 Å². The van der Waals surface area contributed by atoms with Gasteiger partial charge in [-0.25, -0.2) is 9.59 Å². The number of carbonyl (C=O) groups is 2. The molecule has 10 heteroatoms. The molecular weight excluding hydrogens is 557 g/mol. The van der Waals surface area contributed by atoms with Crippen molar-refractivity contribution in [3.05, 3.63) is 81.3 Å². The molecule has 0 fully saturated rings. The number of carboxylic acid groups (broad SMARTS) is 1. The molecule has 0 heterocycles. The van der Waals surface area contributed by atoms with Crippen LogP contribution >= 0.6 is 15.9 Å². The number of hydrogen-bond donors (Lipinski definition) is 1. The molecule has 0 unspecified atom stereocenters. The van der Waals surface area contributed by atoms with E-state index < -0.39 is 17.7 Å². The summed E-state index contributed by atoms with van der Waals surface area (Å²) in [6.45, 7) is 1.54. The minimum Gasteiger partial charge on any atom is -0.496 e. The second kappa shape index (κ2) is 11.1. The summed E-state index contributed by atoms with van der Waals surface area (Å²) in [6.07, 6.45) is -4.63. The number of hydrogen-bond acceptors (Lipinski definition) is 5. The van der Waals surface area contributed by atoms with Crippen LogP contribution in [0.2, 0.25) is 0 Å². The second-order valence-electron chi connectivity index (χ2n) is 7.77. The van der Waals surface area contributed by atoms with Crippen LogP contribution in [0.15, 0.2) is 59.1 Å². The highest BCUT2D eigenvalue weighted by Crippen LogP contribution is 2.42. The van der Waals surface area contributed by atoms with E-state index in [0.29, 0.717) is 11.1 Å². The van der Waals surface area contributed by atoms with Crippen LogP contribution in [-0.4, -0.2) is 38.4 Å². The fourth-order valence-corrected chi connectivity index (χ4v) is 4.63. The summed E-state index contributed by atoms with van der Waals surface area (Å²) < 4.78 is 55.1. The van der Waals surface area contributed by atoms with Crippen LogP contribution in [0, 0.1) is 6.92 Å². The number of carbonyl (C=O) groups excluding carboxylic acids is 1. The number of rotatable bonds is 4. The molecule has 0 aliphatic heterocycles. The Bertz CT molecular complexity index is 1500. The lowest BCUT2D eigenvalue weighted by Gasteiger charge is -2.16. The molecule has 0 atom stereocenters. The molecule has 0 saturated carbocycles. The van der Waals surface area contributed by atoms with Gasteiger partial charge in [0.25, 0.3) is 0 Å². The summed E-state index contributed by atoms with van der Waals surface area (Å²) in [7, 11) is 4.12. The van der Waals surface area contributed by atoms with Crippen molar-refractivity contribution in [3.63, 3.8) is 0 Å². The lowest BCUT2D eigenvalue weighted by Crippen LogP contribution is -2.10. The fourth-order valence-electron chi connectivity index (χ4n) is 3.99. The maximum absolute atomic E-state index is 13.2. The highest BCUT2D eigenvalue weighted by atomic mass is 79.9. The first-order valence-electron chi connectivity index (χ1n) is 10.7. The van der Waals surface area contributed by atoms with E-state index in [1.165, 1.54) is 25.3 Å². The molecule has 0 spiro atoms. The standard InChI is InChI=1S/C14H11F3O3.C13H11BrO3/c1-7-3-4-9-8(11(7)13(18)19)5-6-10(20-2)12(9)14(15,16)17;1-16-11-7-6-8-9(12(11)14)4-3-5-10(8)13(15)17-2/h3-6H,1-2H3,(H,18,19);3-7H,1-2H3. The number of ether oxygens (including phenoxy) is 3. The third-order valence-electron chi connectivity index (χ3n) is 5.67. The van der Waals surface area contributed by atoms with Crippen LogP contribution in [0.25, 0.3) is 21.5 Å². The van der Waals surface area contributed by atoms with Crippen LogP contribution in [0.5, 0.6) is 11.5 Å². The van der Waals surface area contributed by atoms with Crippen LogP contribution in [0.1, 0.15) is 31.8 Å². The van der Waals surface area contributed by atoms with Gasteiger partial charge in [-0.15, -0.1) is 0 Å². The van der Waals surface area contributed by atoms with E-state index >= 15 is 0 Å². The largest absolute Gasteiger partial charge is 0.496 e. The predicted molar refractivity (Wildman–Crippen MR) is 137 cm³/mol. The Kier molecular flexibility index (Phi) is 8.32. The Labute approximate surface area is 218 Å². The average Bonchev–Trinajstić information content (AvgIpc) is 2.87. The van der Waals surface area contributed by atoms with E-state index in [1.807, 2.05) is 24.3 Å². The topological polar surface area (TPSA) is 82.1 Å². The number of aryl methyl sites for hydroxylation is 1. The summed E-state index contributed by atoms with van der Waals surface area (Å²) in [5, 5.41) is 10.8. The van der Waals surface area contributed by atoms with Gasteiger partial charge < -0.3 is 19.3 Å². The maximum atomic E-state index is 13.2. The van der Waals surface area contributed by atoms with Crippen LogP contribution < -0.4 is 9.47 Å². The molecule has 4 aromatic rings. The molecule has 0 aromatic heterocycles. The Morgan fingerprint density at radius 3 is 1.97 bits per heavy atom. The highest BCUT2D eigenvalue weighted by molar-refractivity contribution is 9.10. The smallest absolute Gasteiger partial charge is 0.420 e. The minimum absolute atomic E-state index is 0.0469. The number of halogens is 4. The Balaban J connectivity index is 0.000000208. The van der Waals surface area contributed by atoms with Crippen molar-refractivity contribution in [2.75, 3.05) is 21.3 Å². The van der Waals surface area contributed by atoms with Crippen molar-refractivity contribution in [3.8, 4) is 11.5 Å². The van der Waals surface area contributed by atoms with Gasteiger partial charge in [-0.3, -0.25) is 0 Å². The van der Waals surface area contributed by atoms with Gasteiger partial charge in [0.1, 0.15) is 17.1 Å². The normalized spacial score (nSPS) is 11.0. The average molecular weight is 579 g/mol. The van der Waals surface area contributed by atoms with Crippen LogP contribution in [-0.2, 0) is 10.9 Å². The van der Waals surface area contributed by atoms with Gasteiger partial charge in [-0.05, 0) is 74.9 Å². The third kappa shape index (κ3) is 5.48. The SMILES string of the molecule is COC(=O)c1cccc2c(Br)c(OC)ccc12.COc1ccc2c(C(=O)O)c(C)ccc2c1C(F)(F)F. The predicted octanol–water partition coefficient (Wildman–Crippen LogP) is 7.27. The van der Waals surface area contributed by atoms with Crippen molar-refractivity contribution >= 4 is 49.4 Å². The molecule has 0 amide bonds. The number of carboxylic acids is 1. The Morgan fingerprint density at radius 2 is 1.41 bits per heavy atom. The Hall–Kier alpha value is -3.79. The number of alkyl halides is 3. The molecule has 194 valence electrons. The first kappa shape index (κ1) is 27.8. The number of benzene rings is 4. The van der Waals surface area contributed by atoms with Gasteiger partial charge in [-0.2, -0.15) is 13.2 Å². The molecule has 0 aliphatic carbocycles. The molecule has 0 saturated heterocycles. The van der Waals surface area contributed by atoms with Crippen molar-refractivity contribution in [1.29, 1.82) is 0 Å². The van der Waals surface area contributed by atoms with E-state index in [-0.39, 0.29) is 28.1 Å². The van der Waals surface area contributed by atoms with Gasteiger partial charge >= 0.3 is 18.1 Å². The summed E-state index contributed by atoms with van der Waals surface area (Å²) in [5.41, 5.74) is -0.132. The van der Waals surface area contributed by atoms with Crippen molar-refractivity contribution in [2.24, 2.45) is 0 Å². The zero-order valence-corrected chi connectivity index (χ0v) is 21.8. The van der Waals surface area contributed by atoms with E-state index in [9.17, 15) is 27.9 Å². The van der Waals surface area contributed by atoms with Crippen molar-refractivity contribution in [2.45, 2.75) is 13.1 Å². The summed E-state index contributed by atoms with van der Waals surface area (Å²) >= 11 is 3.47. The number of fused-ring (bicyclic) bond motifs is 2. The summed E-state index contributed by atoms with van der Waals surface area (Å²) in [5.74, 6) is -1.19. The number of aromatic carboxylic acids is 1. The molecule has 0 aliphatic rings. The second-order valence-corrected chi connectivity index (χ2v) is 8.57. The van der Waals surface area contributed by atoms with Gasteiger partial charge in [0, 0.05) is 5.39 Å². The number of esters is 1. The zero-order chi connectivity index (χ0) is 27.5. The molecule has 4 aromatic carbocycles. The highest BCUT2D eigenvalue weighted by Gasteiger charge is 2.37. The molecule has 1 N–H and O–H groups in total. The maximum Gasteiger partial charge on any atom is 0.420 e.